The first kappa shape index (κ1) is 25.5. The number of thioether (sulfide) groups is 1. The number of esters is 1. The molecule has 188 valence electrons. The van der Waals surface area contributed by atoms with Gasteiger partial charge in [0.25, 0.3) is 11.8 Å². The van der Waals surface area contributed by atoms with Crippen LogP contribution in [0.25, 0.3) is 10.8 Å². The molecule has 0 aromatic heterocycles. The average Bonchev–Trinajstić information content (AvgIpc) is 3.26. The van der Waals surface area contributed by atoms with Gasteiger partial charge in [-0.05, 0) is 47.0 Å². The maximum atomic E-state index is 12.5. The maximum Gasteiger partial charge on any atom is 0.331 e. The van der Waals surface area contributed by atoms with Crippen molar-refractivity contribution in [1.82, 2.24) is 5.32 Å². The van der Waals surface area contributed by atoms with Gasteiger partial charge in [0, 0.05) is 17.1 Å². The molecule has 0 saturated carbocycles. The van der Waals surface area contributed by atoms with Crippen molar-refractivity contribution in [3.63, 3.8) is 0 Å². The number of hydrogen-bond donors (Lipinski definition) is 2. The summed E-state index contributed by atoms with van der Waals surface area (Å²) >= 11 is 0.971. The molecule has 4 rings (SSSR count). The van der Waals surface area contributed by atoms with Crippen LogP contribution in [-0.2, 0) is 19.1 Å². The molecule has 1 heterocycles. The van der Waals surface area contributed by atoms with Crippen molar-refractivity contribution in [2.45, 2.75) is 0 Å². The van der Waals surface area contributed by atoms with Crippen LogP contribution in [0.2, 0.25) is 0 Å². The van der Waals surface area contributed by atoms with E-state index in [2.05, 4.69) is 25.6 Å². The Morgan fingerprint density at radius 1 is 1.05 bits per heavy atom. The van der Waals surface area contributed by atoms with Crippen LogP contribution in [0.4, 0.5) is 5.69 Å². The zero-order valence-corrected chi connectivity index (χ0v) is 20.7. The van der Waals surface area contributed by atoms with Gasteiger partial charge in [-0.2, -0.15) is 5.10 Å². The van der Waals surface area contributed by atoms with Crippen molar-refractivity contribution in [1.29, 1.82) is 0 Å². The predicted octanol–water partition coefficient (Wildman–Crippen LogP) is 3.48. The van der Waals surface area contributed by atoms with Crippen molar-refractivity contribution in [3.8, 4) is 11.5 Å². The van der Waals surface area contributed by atoms with Crippen LogP contribution in [0.5, 0.6) is 11.5 Å². The highest BCUT2D eigenvalue weighted by molar-refractivity contribution is 8.18. The number of benzene rings is 3. The number of rotatable bonds is 8. The molecule has 10 nitrogen and oxygen atoms in total. The highest BCUT2D eigenvalue weighted by atomic mass is 32.2. The summed E-state index contributed by atoms with van der Waals surface area (Å²) < 4.78 is 15.6. The number of amidine groups is 1. The molecular weight excluding hydrogens is 496 g/mol. The van der Waals surface area contributed by atoms with Gasteiger partial charge < -0.3 is 19.5 Å². The third-order valence-corrected chi connectivity index (χ3v) is 5.97. The summed E-state index contributed by atoms with van der Waals surface area (Å²) in [5.74, 6) is -0.618. The normalized spacial score (nSPS) is 15.2. The highest BCUT2D eigenvalue weighted by Gasteiger charge is 2.25. The van der Waals surface area contributed by atoms with E-state index in [-0.39, 0.29) is 22.6 Å². The van der Waals surface area contributed by atoms with E-state index in [0.29, 0.717) is 22.7 Å². The largest absolute Gasteiger partial charge is 0.493 e. The van der Waals surface area contributed by atoms with Crippen LogP contribution in [-0.4, -0.2) is 50.0 Å². The molecule has 0 aliphatic carbocycles. The molecule has 37 heavy (non-hydrogen) atoms. The lowest BCUT2D eigenvalue weighted by atomic mass is 10.1. The molecule has 0 atom stereocenters. The minimum absolute atomic E-state index is 0.161. The first-order valence-corrected chi connectivity index (χ1v) is 11.8. The number of nitrogens with one attached hydrogen (secondary N) is 2. The Bertz CT molecular complexity index is 1440. The molecule has 2 N–H and O–H groups in total. The lowest BCUT2D eigenvalue weighted by Crippen LogP contribution is -2.20. The second kappa shape index (κ2) is 11.9. The third-order valence-electron chi connectivity index (χ3n) is 5.07. The minimum Gasteiger partial charge on any atom is -0.493 e. The number of carbonyl (C=O) groups is 3. The van der Waals surface area contributed by atoms with Crippen LogP contribution in [0.1, 0.15) is 5.56 Å². The molecule has 11 heteroatoms. The number of fused-ring (bicyclic) bond motifs is 1. The van der Waals surface area contributed by atoms with Crippen LogP contribution in [0.15, 0.2) is 81.8 Å². The van der Waals surface area contributed by atoms with Gasteiger partial charge in [0.2, 0.25) is 0 Å². The summed E-state index contributed by atoms with van der Waals surface area (Å²) in [7, 11) is 2.71. The Hall–Kier alpha value is -4.64. The fourth-order valence-corrected chi connectivity index (χ4v) is 4.08. The van der Waals surface area contributed by atoms with Gasteiger partial charge in [0.05, 0.1) is 25.3 Å². The Kier molecular flexibility index (Phi) is 8.16. The van der Waals surface area contributed by atoms with Gasteiger partial charge in [0.15, 0.2) is 23.3 Å². The summed E-state index contributed by atoms with van der Waals surface area (Å²) in [6.07, 6.45) is 2.54. The second-order valence-corrected chi connectivity index (χ2v) is 8.54. The Morgan fingerprint density at radius 3 is 2.68 bits per heavy atom. The maximum absolute atomic E-state index is 12.5. The zero-order valence-electron chi connectivity index (χ0n) is 19.9. The van der Waals surface area contributed by atoms with E-state index in [1.165, 1.54) is 20.4 Å². The number of methoxy groups -OCH3 is 2. The van der Waals surface area contributed by atoms with E-state index in [1.807, 2.05) is 42.5 Å². The van der Waals surface area contributed by atoms with Crippen LogP contribution in [0, 0.1) is 0 Å². The quantitative estimate of drug-likeness (QED) is 0.202. The van der Waals surface area contributed by atoms with Crippen molar-refractivity contribution in [3.05, 3.63) is 77.2 Å². The van der Waals surface area contributed by atoms with Gasteiger partial charge >= 0.3 is 5.97 Å². The lowest BCUT2D eigenvalue weighted by molar-refractivity contribution is -0.135. The second-order valence-electron chi connectivity index (χ2n) is 7.51. The summed E-state index contributed by atoms with van der Waals surface area (Å²) in [6.45, 7) is -0.209. The van der Waals surface area contributed by atoms with Gasteiger partial charge in [-0.3, -0.25) is 14.9 Å². The van der Waals surface area contributed by atoms with Crippen molar-refractivity contribution >= 4 is 57.4 Å². The molecule has 2 amide bonds. The standard InChI is InChI=1S/C26H22N4O6S/c1-34-21-12-16(14-27-30-26-29-25(33)22(37-26)13-24(32)35-2)10-11-20(21)36-15-23(31)28-19-9-5-7-17-6-3-4-8-18(17)19/h3-14H,15H2,1-2H3,(H,28,31)(H,29,30,33)/b22-13+,27-14?. The highest BCUT2D eigenvalue weighted by Crippen LogP contribution is 2.28. The molecule has 0 unspecified atom stereocenters. The van der Waals surface area contributed by atoms with Crippen molar-refractivity contribution in [2.24, 2.45) is 10.2 Å². The van der Waals surface area contributed by atoms with E-state index < -0.39 is 11.9 Å². The number of nitrogens with zero attached hydrogens (tertiary/aromatic N) is 2. The van der Waals surface area contributed by atoms with Gasteiger partial charge in [0.1, 0.15) is 0 Å². The van der Waals surface area contributed by atoms with Gasteiger partial charge in [-0.15, -0.1) is 5.10 Å². The summed E-state index contributed by atoms with van der Waals surface area (Å²) in [4.78, 5) is 35.8. The van der Waals surface area contributed by atoms with Crippen molar-refractivity contribution < 1.29 is 28.6 Å². The summed E-state index contributed by atoms with van der Waals surface area (Å²) in [5, 5.41) is 15.5. The number of hydrogen-bond acceptors (Lipinski definition) is 9. The predicted molar refractivity (Wildman–Crippen MR) is 142 cm³/mol. The van der Waals surface area contributed by atoms with Gasteiger partial charge in [-0.1, -0.05) is 36.4 Å². The van der Waals surface area contributed by atoms with E-state index in [9.17, 15) is 14.4 Å². The fraction of sp³-hybridized carbons (Fsp3) is 0.115. The number of ether oxygens (including phenoxy) is 3. The molecule has 0 bridgehead atoms. The number of carbonyl (C=O) groups excluding carboxylic acids is 3. The molecule has 3 aromatic rings. The van der Waals surface area contributed by atoms with Gasteiger partial charge in [-0.25, -0.2) is 4.79 Å². The molecule has 1 saturated heterocycles. The number of anilines is 1. The smallest absolute Gasteiger partial charge is 0.331 e. The molecular formula is C26H22N4O6S. The SMILES string of the molecule is COC(=O)/C=C1/S/C(=N\N=Cc2ccc(OCC(=O)Nc3cccc4ccccc34)c(OC)c2)NC1=O. The summed E-state index contributed by atoms with van der Waals surface area (Å²) in [5.41, 5.74) is 1.35. The van der Waals surface area contributed by atoms with E-state index in [0.717, 1.165) is 28.6 Å². The summed E-state index contributed by atoms with van der Waals surface area (Å²) in [6, 6.07) is 18.5. The molecule has 1 aliphatic heterocycles. The van der Waals surface area contributed by atoms with Crippen molar-refractivity contribution in [2.75, 3.05) is 26.1 Å². The monoisotopic (exact) mass is 518 g/mol. The molecule has 3 aromatic carbocycles. The topological polar surface area (TPSA) is 128 Å². The van der Waals surface area contributed by atoms with E-state index in [4.69, 9.17) is 9.47 Å². The Morgan fingerprint density at radius 2 is 1.86 bits per heavy atom. The van der Waals surface area contributed by atoms with Crippen LogP contribution in [0.3, 0.4) is 0 Å². The first-order valence-electron chi connectivity index (χ1n) is 10.9. The molecule has 0 radical (unpaired) electrons. The minimum atomic E-state index is -0.636. The molecule has 1 aliphatic rings. The van der Waals surface area contributed by atoms with E-state index >= 15 is 0 Å². The third kappa shape index (κ3) is 6.53. The Labute approximate surface area is 216 Å². The zero-order chi connectivity index (χ0) is 26.2. The first-order chi connectivity index (χ1) is 18.0. The van der Waals surface area contributed by atoms with Crippen LogP contribution < -0.4 is 20.1 Å². The number of amides is 2. The fourth-order valence-electron chi connectivity index (χ4n) is 3.34. The lowest BCUT2D eigenvalue weighted by Gasteiger charge is -2.12. The molecule has 1 fully saturated rings. The average molecular weight is 519 g/mol. The Balaban J connectivity index is 1.37. The van der Waals surface area contributed by atoms with Crippen LogP contribution >= 0.6 is 11.8 Å². The molecule has 0 spiro atoms. The van der Waals surface area contributed by atoms with E-state index in [1.54, 1.807) is 18.2 Å².